The zero-order chi connectivity index (χ0) is 11.0. The highest BCUT2D eigenvalue weighted by Gasteiger charge is 2.29. The number of nitrogens with one attached hydrogen (secondary N) is 1. The van der Waals surface area contributed by atoms with Crippen LogP contribution in [0.15, 0.2) is 18.2 Å². The number of hydrogen-bond acceptors (Lipinski definition) is 2. The third-order valence-corrected chi connectivity index (χ3v) is 2.32. The molecule has 1 aliphatic rings. The maximum atomic E-state index is 13.2. The maximum absolute atomic E-state index is 13.2. The summed E-state index contributed by atoms with van der Waals surface area (Å²) in [7, 11) is 0. The summed E-state index contributed by atoms with van der Waals surface area (Å²) >= 11 is 0. The number of hydrogen-bond donors (Lipinski definition) is 1. The van der Waals surface area contributed by atoms with Crippen LogP contribution in [0.5, 0.6) is 0 Å². The average Bonchev–Trinajstić information content (AvgIpc) is 2.50. The predicted octanol–water partition coefficient (Wildman–Crippen LogP) is 1.19. The highest BCUT2D eigenvalue weighted by Crippen LogP contribution is 2.23. The summed E-state index contributed by atoms with van der Waals surface area (Å²) in [6.07, 6.45) is 0. The molecular formula is C10H9FN2O2. The van der Waals surface area contributed by atoms with Gasteiger partial charge in [0.2, 0.25) is 5.91 Å². The Morgan fingerprint density at radius 2 is 2.13 bits per heavy atom. The molecule has 2 rings (SSSR count). The summed E-state index contributed by atoms with van der Waals surface area (Å²) in [5, 5.41) is 2.14. The molecule has 0 atom stereocenters. The summed E-state index contributed by atoms with van der Waals surface area (Å²) in [5.74, 6) is -0.761. The van der Waals surface area contributed by atoms with Gasteiger partial charge in [0.05, 0.1) is 5.69 Å². The normalized spacial score (nSPS) is 15.7. The van der Waals surface area contributed by atoms with Gasteiger partial charge in [0.25, 0.3) is 0 Å². The lowest BCUT2D eigenvalue weighted by Crippen LogP contribution is -2.28. The first-order valence-electron chi connectivity index (χ1n) is 4.46. The van der Waals surface area contributed by atoms with Crippen LogP contribution in [0.3, 0.4) is 0 Å². The van der Waals surface area contributed by atoms with Crippen molar-refractivity contribution in [3.05, 3.63) is 29.6 Å². The van der Waals surface area contributed by atoms with Gasteiger partial charge in [-0.05, 0) is 19.1 Å². The third-order valence-electron chi connectivity index (χ3n) is 2.32. The van der Waals surface area contributed by atoms with Crippen LogP contribution in [0.4, 0.5) is 14.9 Å². The van der Waals surface area contributed by atoms with Crippen molar-refractivity contribution in [2.24, 2.45) is 0 Å². The van der Waals surface area contributed by atoms with Crippen LogP contribution in [-0.4, -0.2) is 18.5 Å². The van der Waals surface area contributed by atoms with Gasteiger partial charge in [-0.15, -0.1) is 0 Å². The number of halogens is 1. The van der Waals surface area contributed by atoms with E-state index in [0.717, 1.165) is 0 Å². The highest BCUT2D eigenvalue weighted by atomic mass is 19.1. The van der Waals surface area contributed by atoms with Crippen LogP contribution in [0.25, 0.3) is 0 Å². The van der Waals surface area contributed by atoms with Gasteiger partial charge in [0.1, 0.15) is 12.4 Å². The zero-order valence-corrected chi connectivity index (χ0v) is 8.08. The Labute approximate surface area is 85.7 Å². The summed E-state index contributed by atoms with van der Waals surface area (Å²) in [6, 6.07) is 3.92. The molecule has 0 bridgehead atoms. The lowest BCUT2D eigenvalue weighted by Gasteiger charge is -2.15. The minimum Gasteiger partial charge on any atom is -0.284 e. The van der Waals surface area contributed by atoms with E-state index in [1.807, 2.05) is 0 Å². The second-order valence-electron chi connectivity index (χ2n) is 3.32. The molecule has 0 saturated carbocycles. The van der Waals surface area contributed by atoms with Crippen molar-refractivity contribution in [3.8, 4) is 0 Å². The smallest absolute Gasteiger partial charge is 0.284 e. The van der Waals surface area contributed by atoms with Crippen molar-refractivity contribution in [2.45, 2.75) is 6.92 Å². The van der Waals surface area contributed by atoms with E-state index >= 15 is 0 Å². The van der Waals surface area contributed by atoms with Gasteiger partial charge in [-0.1, -0.05) is 6.07 Å². The fourth-order valence-corrected chi connectivity index (χ4v) is 1.52. The molecule has 1 aliphatic heterocycles. The topological polar surface area (TPSA) is 49.4 Å². The molecule has 0 unspecified atom stereocenters. The number of anilines is 1. The number of carbonyl (C=O) groups is 2. The van der Waals surface area contributed by atoms with Gasteiger partial charge in [-0.2, -0.15) is 0 Å². The SMILES string of the molecule is Cc1c(F)cccc1N1CC(=O)NC1=O. The van der Waals surface area contributed by atoms with Crippen molar-refractivity contribution in [1.29, 1.82) is 0 Å². The van der Waals surface area contributed by atoms with E-state index in [0.29, 0.717) is 11.3 Å². The quantitative estimate of drug-likeness (QED) is 0.705. The number of urea groups is 1. The Kier molecular flexibility index (Phi) is 2.15. The number of benzene rings is 1. The molecule has 1 saturated heterocycles. The van der Waals surface area contributed by atoms with Crippen LogP contribution in [0.1, 0.15) is 5.56 Å². The molecule has 1 N–H and O–H groups in total. The van der Waals surface area contributed by atoms with Gasteiger partial charge in [-0.25, -0.2) is 9.18 Å². The molecular weight excluding hydrogens is 199 g/mol. The minimum absolute atomic E-state index is 0.0525. The van der Waals surface area contributed by atoms with Crippen molar-refractivity contribution in [3.63, 3.8) is 0 Å². The Bertz CT molecular complexity index is 445. The molecule has 0 spiro atoms. The largest absolute Gasteiger partial charge is 0.329 e. The zero-order valence-electron chi connectivity index (χ0n) is 8.08. The molecule has 0 aliphatic carbocycles. The molecule has 3 amide bonds. The van der Waals surface area contributed by atoms with Crippen molar-refractivity contribution in [1.82, 2.24) is 5.32 Å². The van der Waals surface area contributed by atoms with Crippen molar-refractivity contribution in [2.75, 3.05) is 11.4 Å². The number of carbonyl (C=O) groups excluding carboxylic acids is 2. The molecule has 5 heteroatoms. The first-order valence-corrected chi connectivity index (χ1v) is 4.46. The fraction of sp³-hybridized carbons (Fsp3) is 0.200. The van der Waals surface area contributed by atoms with Gasteiger partial charge < -0.3 is 0 Å². The van der Waals surface area contributed by atoms with Crippen molar-refractivity contribution < 1.29 is 14.0 Å². The molecule has 1 aromatic rings. The van der Waals surface area contributed by atoms with Crippen molar-refractivity contribution >= 4 is 17.6 Å². The number of nitrogens with zero attached hydrogens (tertiary/aromatic N) is 1. The number of amides is 3. The molecule has 0 aromatic heterocycles. The standard InChI is InChI=1S/C10H9FN2O2/c1-6-7(11)3-2-4-8(6)13-5-9(14)12-10(13)15/h2-4H,5H2,1H3,(H,12,14,15). The van der Waals surface area contributed by atoms with Gasteiger partial charge in [-0.3, -0.25) is 15.0 Å². The van der Waals surface area contributed by atoms with Crippen LogP contribution in [-0.2, 0) is 4.79 Å². The number of imide groups is 1. The predicted molar refractivity (Wildman–Crippen MR) is 52.0 cm³/mol. The van der Waals surface area contributed by atoms with Crippen LogP contribution >= 0.6 is 0 Å². The average molecular weight is 208 g/mol. The molecule has 1 fully saturated rings. The summed E-state index contributed by atoms with van der Waals surface area (Å²) in [4.78, 5) is 23.5. The molecule has 15 heavy (non-hydrogen) atoms. The summed E-state index contributed by atoms with van der Waals surface area (Å²) < 4.78 is 13.2. The van der Waals surface area contributed by atoms with E-state index in [-0.39, 0.29) is 18.3 Å². The second kappa shape index (κ2) is 3.34. The minimum atomic E-state index is -0.506. The van der Waals surface area contributed by atoms with E-state index in [9.17, 15) is 14.0 Å². The first kappa shape index (κ1) is 9.64. The molecule has 0 radical (unpaired) electrons. The van der Waals surface area contributed by atoms with Gasteiger partial charge in [0.15, 0.2) is 0 Å². The van der Waals surface area contributed by atoms with Gasteiger partial charge >= 0.3 is 6.03 Å². The first-order chi connectivity index (χ1) is 7.09. The molecule has 1 heterocycles. The molecule has 78 valence electrons. The summed E-state index contributed by atoms with van der Waals surface area (Å²) in [5.41, 5.74) is 0.792. The fourth-order valence-electron chi connectivity index (χ4n) is 1.52. The Balaban J connectivity index is 2.42. The highest BCUT2D eigenvalue weighted by molar-refractivity contribution is 6.12. The lowest BCUT2D eigenvalue weighted by molar-refractivity contribution is -0.117. The van der Waals surface area contributed by atoms with E-state index in [1.165, 1.54) is 17.0 Å². The van der Waals surface area contributed by atoms with Crippen LogP contribution in [0.2, 0.25) is 0 Å². The summed E-state index contributed by atoms with van der Waals surface area (Å²) in [6.45, 7) is 1.52. The van der Waals surface area contributed by atoms with E-state index in [2.05, 4.69) is 5.32 Å². The Morgan fingerprint density at radius 1 is 1.40 bits per heavy atom. The molecule has 1 aromatic carbocycles. The van der Waals surface area contributed by atoms with E-state index in [4.69, 9.17) is 0 Å². The Morgan fingerprint density at radius 3 is 2.73 bits per heavy atom. The van der Waals surface area contributed by atoms with Gasteiger partial charge in [0, 0.05) is 5.56 Å². The number of rotatable bonds is 1. The lowest BCUT2D eigenvalue weighted by atomic mass is 10.2. The monoisotopic (exact) mass is 208 g/mol. The van der Waals surface area contributed by atoms with E-state index in [1.54, 1.807) is 13.0 Å². The Hall–Kier alpha value is -1.91. The third kappa shape index (κ3) is 1.56. The second-order valence-corrected chi connectivity index (χ2v) is 3.32. The molecule has 4 nitrogen and oxygen atoms in total. The van der Waals surface area contributed by atoms with Crippen LogP contribution < -0.4 is 10.2 Å². The maximum Gasteiger partial charge on any atom is 0.329 e. The van der Waals surface area contributed by atoms with Crippen LogP contribution in [0, 0.1) is 12.7 Å². The van der Waals surface area contributed by atoms with E-state index < -0.39 is 6.03 Å².